The molecule has 2 aromatic carbocycles. The fraction of sp³-hybridized carbons (Fsp3) is 0.553. The van der Waals surface area contributed by atoms with Crippen LogP contribution in [0.1, 0.15) is 133 Å². The number of rotatable bonds is 21. The first-order valence-corrected chi connectivity index (χ1v) is 16.8. The van der Waals surface area contributed by atoms with Gasteiger partial charge < -0.3 is 4.74 Å². The van der Waals surface area contributed by atoms with Gasteiger partial charge in [-0.2, -0.15) is 0 Å². The van der Waals surface area contributed by atoms with Crippen LogP contribution in [0.3, 0.4) is 0 Å². The molecule has 1 aromatic heterocycles. The molecule has 0 spiro atoms. The fourth-order valence-corrected chi connectivity index (χ4v) is 5.36. The number of hydrogen-bond donors (Lipinski definition) is 0. The lowest BCUT2D eigenvalue weighted by Gasteiger charge is -2.12. The molecule has 3 rings (SSSR count). The molecule has 0 bridgehead atoms. The summed E-state index contributed by atoms with van der Waals surface area (Å²) in [6, 6.07) is 16.0. The molecule has 0 saturated carbocycles. The molecule has 4 nitrogen and oxygen atoms in total. The average molecular weight is 571 g/mol. The number of carbonyl (C=O) groups is 1. The van der Waals surface area contributed by atoms with Gasteiger partial charge in [0.2, 0.25) is 0 Å². The van der Waals surface area contributed by atoms with Crippen LogP contribution >= 0.6 is 0 Å². The van der Waals surface area contributed by atoms with E-state index in [0.29, 0.717) is 18.1 Å². The van der Waals surface area contributed by atoms with Crippen LogP contribution in [0.4, 0.5) is 0 Å². The smallest absolute Gasteiger partial charge is 0.338 e. The van der Waals surface area contributed by atoms with E-state index >= 15 is 0 Å². The third-order valence-corrected chi connectivity index (χ3v) is 8.17. The van der Waals surface area contributed by atoms with E-state index in [4.69, 9.17) is 4.74 Å². The Kier molecular flexibility index (Phi) is 15.9. The fourth-order valence-electron chi connectivity index (χ4n) is 5.36. The number of carbonyl (C=O) groups excluding carboxylic acids is 1. The van der Waals surface area contributed by atoms with Gasteiger partial charge in [-0.1, -0.05) is 141 Å². The number of aromatic nitrogens is 2. The molecular formula is C38H54N2O2. The Morgan fingerprint density at radius 3 is 1.69 bits per heavy atom. The Labute approximate surface area is 255 Å². The number of hydrogen-bond acceptors (Lipinski definition) is 4. The molecule has 228 valence electrons. The molecule has 1 heterocycles. The number of unbranched alkanes of at least 4 members (excludes halogenated alkanes) is 12. The van der Waals surface area contributed by atoms with Gasteiger partial charge in [0.25, 0.3) is 0 Å². The molecule has 0 saturated heterocycles. The molecule has 0 fully saturated rings. The van der Waals surface area contributed by atoms with E-state index in [1.165, 1.54) is 95.5 Å². The summed E-state index contributed by atoms with van der Waals surface area (Å²) in [5.74, 6) is 0.910. The maximum atomic E-state index is 12.6. The molecule has 0 aliphatic rings. The van der Waals surface area contributed by atoms with Crippen molar-refractivity contribution in [1.82, 2.24) is 9.97 Å². The van der Waals surface area contributed by atoms with Gasteiger partial charge in [0.15, 0.2) is 5.82 Å². The van der Waals surface area contributed by atoms with E-state index in [1.807, 2.05) is 36.7 Å². The van der Waals surface area contributed by atoms with Crippen molar-refractivity contribution >= 4 is 5.97 Å². The van der Waals surface area contributed by atoms with Crippen LogP contribution in [0, 0.1) is 5.92 Å². The van der Waals surface area contributed by atoms with E-state index in [9.17, 15) is 4.79 Å². The van der Waals surface area contributed by atoms with Gasteiger partial charge in [0, 0.05) is 18.0 Å². The second-order valence-electron chi connectivity index (χ2n) is 12.1. The van der Waals surface area contributed by atoms with Crippen molar-refractivity contribution in [3.05, 3.63) is 72.1 Å². The first kappa shape index (κ1) is 33.5. The average Bonchev–Trinajstić information content (AvgIpc) is 3.03. The number of esters is 1. The zero-order valence-corrected chi connectivity index (χ0v) is 26.6. The highest BCUT2D eigenvalue weighted by molar-refractivity contribution is 5.90. The van der Waals surface area contributed by atoms with Gasteiger partial charge >= 0.3 is 5.97 Å². The zero-order chi connectivity index (χ0) is 29.8. The summed E-state index contributed by atoms with van der Waals surface area (Å²) >= 11 is 0. The highest BCUT2D eigenvalue weighted by Crippen LogP contribution is 2.24. The predicted octanol–water partition coefficient (Wildman–Crippen LogP) is 11.0. The van der Waals surface area contributed by atoms with Crippen molar-refractivity contribution in [2.75, 3.05) is 6.61 Å². The number of benzene rings is 2. The Balaban J connectivity index is 1.39. The van der Waals surface area contributed by atoms with Gasteiger partial charge in [-0.15, -0.1) is 0 Å². The SMILES string of the molecule is CCCCCCCCCc1cnc(-c2ccc(-c3ccc(C(=O)OC[C@H](C)CCCCCCCCC)cc3)cc2)nc1. The van der Waals surface area contributed by atoms with Crippen LogP contribution in [0.2, 0.25) is 0 Å². The third kappa shape index (κ3) is 12.5. The number of ether oxygens (including phenoxy) is 1. The van der Waals surface area contributed by atoms with Gasteiger partial charge in [-0.3, -0.25) is 0 Å². The first-order chi connectivity index (χ1) is 20.6. The quantitative estimate of drug-likeness (QED) is 0.0944. The molecule has 0 aliphatic heterocycles. The highest BCUT2D eigenvalue weighted by atomic mass is 16.5. The van der Waals surface area contributed by atoms with E-state index in [1.54, 1.807) is 0 Å². The topological polar surface area (TPSA) is 52.1 Å². The zero-order valence-electron chi connectivity index (χ0n) is 26.6. The molecule has 0 amide bonds. The molecule has 0 unspecified atom stereocenters. The normalized spacial score (nSPS) is 11.9. The van der Waals surface area contributed by atoms with Gasteiger partial charge in [-0.25, -0.2) is 14.8 Å². The molecule has 0 aliphatic carbocycles. The number of nitrogens with zero attached hydrogens (tertiary/aromatic N) is 2. The summed E-state index contributed by atoms with van der Waals surface area (Å²) in [6.07, 6.45) is 24.5. The second kappa shape index (κ2) is 20.0. The van der Waals surface area contributed by atoms with Crippen molar-refractivity contribution in [3.8, 4) is 22.5 Å². The van der Waals surface area contributed by atoms with E-state index < -0.39 is 0 Å². The van der Waals surface area contributed by atoms with Crippen molar-refractivity contribution in [2.45, 2.75) is 124 Å². The summed E-state index contributed by atoms with van der Waals surface area (Å²) in [5.41, 5.74) is 4.98. The Hall–Kier alpha value is -3.01. The van der Waals surface area contributed by atoms with Gasteiger partial charge in [0.1, 0.15) is 0 Å². The number of aryl methyl sites for hydroxylation is 1. The largest absolute Gasteiger partial charge is 0.462 e. The standard InChI is InChI=1S/C38H54N2O2/c1-4-6-8-10-12-14-16-18-31(3)30-42-38(41)36-26-22-34(23-27-36)33-20-24-35(25-21-33)37-39-28-32(29-40-37)19-17-15-13-11-9-7-5-2/h20-29,31H,4-19,30H2,1-3H3/t31-/m1/s1. The maximum Gasteiger partial charge on any atom is 0.338 e. The summed E-state index contributed by atoms with van der Waals surface area (Å²) in [4.78, 5) is 21.8. The summed E-state index contributed by atoms with van der Waals surface area (Å²) < 4.78 is 5.61. The summed E-state index contributed by atoms with van der Waals surface area (Å²) in [5, 5.41) is 0. The van der Waals surface area contributed by atoms with Crippen molar-refractivity contribution in [2.24, 2.45) is 5.92 Å². The first-order valence-electron chi connectivity index (χ1n) is 16.8. The van der Waals surface area contributed by atoms with Crippen molar-refractivity contribution in [3.63, 3.8) is 0 Å². The van der Waals surface area contributed by atoms with E-state index in [2.05, 4.69) is 55.0 Å². The van der Waals surface area contributed by atoms with Crippen molar-refractivity contribution < 1.29 is 9.53 Å². The van der Waals surface area contributed by atoms with Crippen LogP contribution in [0.5, 0.6) is 0 Å². The molecule has 3 aromatic rings. The summed E-state index contributed by atoms with van der Waals surface area (Å²) in [6.45, 7) is 7.18. The monoisotopic (exact) mass is 570 g/mol. The van der Waals surface area contributed by atoms with E-state index in [-0.39, 0.29) is 5.97 Å². The second-order valence-corrected chi connectivity index (χ2v) is 12.1. The lowest BCUT2D eigenvalue weighted by atomic mass is 10.0. The molecule has 1 atom stereocenters. The Bertz CT molecular complexity index is 1120. The molecule has 0 N–H and O–H groups in total. The Morgan fingerprint density at radius 1 is 0.643 bits per heavy atom. The predicted molar refractivity (Wildman–Crippen MR) is 177 cm³/mol. The maximum absolute atomic E-state index is 12.6. The minimum absolute atomic E-state index is 0.240. The van der Waals surface area contributed by atoms with Crippen LogP contribution in [-0.4, -0.2) is 22.5 Å². The van der Waals surface area contributed by atoms with Gasteiger partial charge in [0.05, 0.1) is 12.2 Å². The molecule has 0 radical (unpaired) electrons. The van der Waals surface area contributed by atoms with Crippen LogP contribution in [-0.2, 0) is 11.2 Å². The lowest BCUT2D eigenvalue weighted by Crippen LogP contribution is -2.12. The summed E-state index contributed by atoms with van der Waals surface area (Å²) in [7, 11) is 0. The highest BCUT2D eigenvalue weighted by Gasteiger charge is 2.11. The van der Waals surface area contributed by atoms with Crippen molar-refractivity contribution in [1.29, 1.82) is 0 Å². The van der Waals surface area contributed by atoms with Crippen LogP contribution in [0.15, 0.2) is 60.9 Å². The molecule has 42 heavy (non-hydrogen) atoms. The van der Waals surface area contributed by atoms with E-state index in [0.717, 1.165) is 35.4 Å². The third-order valence-electron chi connectivity index (χ3n) is 8.17. The Morgan fingerprint density at radius 2 is 1.12 bits per heavy atom. The van der Waals surface area contributed by atoms with Crippen LogP contribution in [0.25, 0.3) is 22.5 Å². The minimum Gasteiger partial charge on any atom is -0.462 e. The minimum atomic E-state index is -0.240. The molecular weight excluding hydrogens is 516 g/mol. The van der Waals surface area contributed by atoms with Crippen LogP contribution < -0.4 is 0 Å². The van der Waals surface area contributed by atoms with Gasteiger partial charge in [-0.05, 0) is 54.0 Å². The molecule has 4 heteroatoms. The lowest BCUT2D eigenvalue weighted by molar-refractivity contribution is 0.0442.